The number of hydrogen-bond acceptors (Lipinski definition) is 4. The lowest BCUT2D eigenvalue weighted by Gasteiger charge is -2.17. The molecule has 7 nitrogen and oxygen atoms in total. The number of amides is 2. The van der Waals surface area contributed by atoms with E-state index >= 15 is 0 Å². The molecule has 0 saturated carbocycles. The van der Waals surface area contributed by atoms with Crippen LogP contribution >= 0.6 is 0 Å². The monoisotopic (exact) mass is 286 g/mol. The van der Waals surface area contributed by atoms with Gasteiger partial charge in [-0.2, -0.15) is 0 Å². The predicted octanol–water partition coefficient (Wildman–Crippen LogP) is 2.65. The summed E-state index contributed by atoms with van der Waals surface area (Å²) in [6.07, 6.45) is 3.34. The Balaban J connectivity index is 2.00. The molecule has 0 bridgehead atoms. The maximum atomic E-state index is 12.0. The molecule has 21 heavy (non-hydrogen) atoms. The number of urea groups is 1. The van der Waals surface area contributed by atoms with E-state index in [0.29, 0.717) is 12.2 Å². The summed E-state index contributed by atoms with van der Waals surface area (Å²) in [6.45, 7) is 0.397. The van der Waals surface area contributed by atoms with Crippen LogP contribution in [0, 0.1) is 10.1 Å². The Morgan fingerprint density at radius 1 is 1.38 bits per heavy atom. The Labute approximate surface area is 121 Å². The fourth-order valence-corrected chi connectivity index (χ4v) is 1.75. The van der Waals surface area contributed by atoms with E-state index < -0.39 is 4.92 Å². The van der Waals surface area contributed by atoms with Crippen LogP contribution in [0.1, 0.15) is 5.56 Å². The third kappa shape index (κ3) is 4.00. The lowest BCUT2D eigenvalue weighted by molar-refractivity contribution is -0.384. The van der Waals surface area contributed by atoms with Crippen LogP contribution in [-0.4, -0.2) is 27.9 Å². The Hall–Kier alpha value is -2.96. The van der Waals surface area contributed by atoms with Crippen molar-refractivity contribution < 1.29 is 9.72 Å². The van der Waals surface area contributed by atoms with Gasteiger partial charge in [0, 0.05) is 43.8 Å². The second kappa shape index (κ2) is 6.47. The molecule has 2 rings (SSSR count). The highest BCUT2D eigenvalue weighted by molar-refractivity contribution is 5.89. The summed E-state index contributed by atoms with van der Waals surface area (Å²) in [4.78, 5) is 27.7. The van der Waals surface area contributed by atoms with Gasteiger partial charge in [-0.05, 0) is 17.7 Å². The summed E-state index contributed by atoms with van der Waals surface area (Å²) in [5, 5.41) is 13.3. The van der Waals surface area contributed by atoms with Crippen molar-refractivity contribution in [1.29, 1.82) is 0 Å². The Morgan fingerprint density at radius 2 is 2.19 bits per heavy atom. The summed E-state index contributed by atoms with van der Waals surface area (Å²) < 4.78 is 0. The average molecular weight is 286 g/mol. The number of pyridine rings is 1. The van der Waals surface area contributed by atoms with E-state index in [0.717, 1.165) is 5.56 Å². The first-order valence-electron chi connectivity index (χ1n) is 6.22. The van der Waals surface area contributed by atoms with Crippen LogP contribution in [0.3, 0.4) is 0 Å². The van der Waals surface area contributed by atoms with E-state index in [2.05, 4.69) is 10.3 Å². The van der Waals surface area contributed by atoms with Crippen LogP contribution in [0.15, 0.2) is 48.8 Å². The van der Waals surface area contributed by atoms with E-state index in [1.807, 2.05) is 6.07 Å². The van der Waals surface area contributed by atoms with Crippen LogP contribution in [0.2, 0.25) is 0 Å². The number of rotatable bonds is 4. The number of nitro benzene ring substituents is 1. The molecule has 0 spiro atoms. The highest BCUT2D eigenvalue weighted by Gasteiger charge is 2.11. The van der Waals surface area contributed by atoms with Crippen molar-refractivity contribution in [1.82, 2.24) is 9.88 Å². The van der Waals surface area contributed by atoms with Gasteiger partial charge in [0.1, 0.15) is 0 Å². The minimum absolute atomic E-state index is 0.0669. The smallest absolute Gasteiger partial charge is 0.321 e. The fraction of sp³-hybridized carbons (Fsp3) is 0.143. The second-order valence-electron chi connectivity index (χ2n) is 4.45. The van der Waals surface area contributed by atoms with Gasteiger partial charge in [-0.15, -0.1) is 0 Å². The van der Waals surface area contributed by atoms with Crippen molar-refractivity contribution in [2.45, 2.75) is 6.54 Å². The zero-order valence-corrected chi connectivity index (χ0v) is 11.4. The van der Waals surface area contributed by atoms with Gasteiger partial charge in [-0.1, -0.05) is 12.1 Å². The van der Waals surface area contributed by atoms with E-state index in [-0.39, 0.29) is 11.7 Å². The van der Waals surface area contributed by atoms with E-state index in [4.69, 9.17) is 0 Å². The van der Waals surface area contributed by atoms with Crippen molar-refractivity contribution in [3.63, 3.8) is 0 Å². The number of nitrogens with zero attached hydrogens (tertiary/aromatic N) is 3. The molecule has 108 valence electrons. The molecular formula is C14H14N4O3. The number of carbonyl (C=O) groups is 1. The molecule has 0 atom stereocenters. The quantitative estimate of drug-likeness (QED) is 0.691. The zero-order valence-electron chi connectivity index (χ0n) is 11.4. The topological polar surface area (TPSA) is 88.4 Å². The number of nitrogens with one attached hydrogen (secondary N) is 1. The van der Waals surface area contributed by atoms with Gasteiger partial charge in [0.05, 0.1) is 4.92 Å². The molecule has 0 fully saturated rings. The van der Waals surface area contributed by atoms with Gasteiger partial charge >= 0.3 is 6.03 Å². The van der Waals surface area contributed by atoms with Gasteiger partial charge in [-0.25, -0.2) is 4.79 Å². The molecule has 2 aromatic rings. The lowest BCUT2D eigenvalue weighted by atomic mass is 10.2. The van der Waals surface area contributed by atoms with Crippen LogP contribution in [0.5, 0.6) is 0 Å². The van der Waals surface area contributed by atoms with Gasteiger partial charge < -0.3 is 10.2 Å². The number of nitro groups is 1. The van der Waals surface area contributed by atoms with Gasteiger partial charge in [0.15, 0.2) is 0 Å². The van der Waals surface area contributed by atoms with E-state index in [1.54, 1.807) is 31.6 Å². The van der Waals surface area contributed by atoms with Crippen LogP contribution in [-0.2, 0) is 6.54 Å². The molecule has 0 unspecified atom stereocenters. The van der Waals surface area contributed by atoms with Crippen LogP contribution in [0.25, 0.3) is 0 Å². The number of anilines is 1. The Kier molecular flexibility index (Phi) is 4.45. The summed E-state index contributed by atoms with van der Waals surface area (Å²) in [5.74, 6) is 0. The molecule has 1 aromatic carbocycles. The zero-order chi connectivity index (χ0) is 15.2. The van der Waals surface area contributed by atoms with E-state index in [9.17, 15) is 14.9 Å². The standard InChI is InChI=1S/C14H14N4O3/c1-17(10-11-4-3-7-15-9-11)14(19)16-12-5-2-6-13(8-12)18(20)21/h2-9H,10H2,1H3,(H,16,19). The molecule has 0 aliphatic heterocycles. The molecular weight excluding hydrogens is 272 g/mol. The fourth-order valence-electron chi connectivity index (χ4n) is 1.75. The van der Waals surface area contributed by atoms with Gasteiger partial charge in [0.2, 0.25) is 0 Å². The number of non-ortho nitro benzene ring substituents is 1. The van der Waals surface area contributed by atoms with Gasteiger partial charge in [-0.3, -0.25) is 15.1 Å². The van der Waals surface area contributed by atoms with Crippen LogP contribution < -0.4 is 5.32 Å². The van der Waals surface area contributed by atoms with Crippen molar-refractivity contribution in [3.05, 3.63) is 64.5 Å². The maximum Gasteiger partial charge on any atom is 0.321 e. The molecule has 7 heteroatoms. The molecule has 0 saturated heterocycles. The third-order valence-electron chi connectivity index (χ3n) is 2.80. The Morgan fingerprint density at radius 3 is 2.86 bits per heavy atom. The Bertz CT molecular complexity index is 646. The number of carbonyl (C=O) groups excluding carboxylic acids is 1. The van der Waals surface area contributed by atoms with Crippen molar-refractivity contribution in [3.8, 4) is 0 Å². The molecule has 2 amide bonds. The van der Waals surface area contributed by atoms with Crippen molar-refractivity contribution >= 4 is 17.4 Å². The minimum Gasteiger partial charge on any atom is -0.323 e. The molecule has 1 N–H and O–H groups in total. The first-order valence-corrected chi connectivity index (χ1v) is 6.22. The second-order valence-corrected chi connectivity index (χ2v) is 4.45. The van der Waals surface area contributed by atoms with E-state index in [1.165, 1.54) is 23.1 Å². The SMILES string of the molecule is CN(Cc1cccnc1)C(=O)Nc1cccc([N+](=O)[O-])c1. The number of hydrogen-bond donors (Lipinski definition) is 1. The summed E-state index contributed by atoms with van der Waals surface area (Å²) in [7, 11) is 1.64. The normalized spacial score (nSPS) is 9.95. The highest BCUT2D eigenvalue weighted by atomic mass is 16.6. The summed E-state index contributed by atoms with van der Waals surface area (Å²) in [6, 6.07) is 9.12. The molecule has 0 aliphatic carbocycles. The lowest BCUT2D eigenvalue weighted by Crippen LogP contribution is -2.30. The van der Waals surface area contributed by atoms with Gasteiger partial charge in [0.25, 0.3) is 5.69 Å². The molecule has 0 radical (unpaired) electrons. The predicted molar refractivity (Wildman–Crippen MR) is 77.8 cm³/mol. The minimum atomic E-state index is -0.505. The van der Waals surface area contributed by atoms with Crippen molar-refractivity contribution in [2.24, 2.45) is 0 Å². The molecule has 1 aromatic heterocycles. The largest absolute Gasteiger partial charge is 0.323 e. The first-order chi connectivity index (χ1) is 10.1. The number of benzene rings is 1. The molecule has 0 aliphatic rings. The highest BCUT2D eigenvalue weighted by Crippen LogP contribution is 2.17. The summed E-state index contributed by atoms with van der Waals surface area (Å²) >= 11 is 0. The third-order valence-corrected chi connectivity index (χ3v) is 2.80. The average Bonchev–Trinajstić information content (AvgIpc) is 2.48. The first kappa shape index (κ1) is 14.4. The van der Waals surface area contributed by atoms with Crippen molar-refractivity contribution in [2.75, 3.05) is 12.4 Å². The maximum absolute atomic E-state index is 12.0. The van der Waals surface area contributed by atoms with Crippen LogP contribution in [0.4, 0.5) is 16.2 Å². The molecule has 1 heterocycles. The summed E-state index contributed by atoms with van der Waals surface area (Å²) in [5.41, 5.74) is 1.21. The number of aromatic nitrogens is 1.